The standard InChI is InChI=1S/C17H20N2O2/c1-3-6-14-10-16(19-11-18-14)15(17(20)21)9-13-8-5-4-7-12(13)2/h4-5,7-8,10-11,15H,3,6,9H2,1-2H3,(H,20,21). The molecule has 0 amide bonds. The van der Waals surface area contributed by atoms with Gasteiger partial charge in [0, 0.05) is 5.69 Å². The van der Waals surface area contributed by atoms with Crippen LogP contribution < -0.4 is 0 Å². The number of hydrogen-bond donors (Lipinski definition) is 1. The van der Waals surface area contributed by atoms with E-state index in [0.29, 0.717) is 12.1 Å². The van der Waals surface area contributed by atoms with Crippen LogP contribution in [-0.2, 0) is 17.6 Å². The van der Waals surface area contributed by atoms with Crippen LogP contribution in [0.5, 0.6) is 0 Å². The summed E-state index contributed by atoms with van der Waals surface area (Å²) in [6, 6.07) is 9.68. The van der Waals surface area contributed by atoms with Crippen molar-refractivity contribution in [2.45, 2.75) is 39.0 Å². The minimum absolute atomic E-state index is 0.449. The number of aliphatic carboxylic acids is 1. The third-order valence-corrected chi connectivity index (χ3v) is 3.59. The molecule has 0 bridgehead atoms. The Morgan fingerprint density at radius 2 is 2.05 bits per heavy atom. The van der Waals surface area contributed by atoms with Crippen molar-refractivity contribution >= 4 is 5.97 Å². The van der Waals surface area contributed by atoms with Gasteiger partial charge in [0.1, 0.15) is 12.2 Å². The van der Waals surface area contributed by atoms with Crippen LogP contribution in [0.3, 0.4) is 0 Å². The van der Waals surface area contributed by atoms with Gasteiger partial charge in [-0.25, -0.2) is 9.97 Å². The van der Waals surface area contributed by atoms with Crippen LogP contribution in [0.2, 0.25) is 0 Å². The Labute approximate surface area is 124 Å². The van der Waals surface area contributed by atoms with Gasteiger partial charge < -0.3 is 5.11 Å². The molecule has 1 aromatic carbocycles. The lowest BCUT2D eigenvalue weighted by Gasteiger charge is -2.14. The van der Waals surface area contributed by atoms with Gasteiger partial charge in [-0.15, -0.1) is 0 Å². The fourth-order valence-corrected chi connectivity index (χ4v) is 2.38. The molecule has 0 aliphatic carbocycles. The van der Waals surface area contributed by atoms with E-state index in [1.807, 2.05) is 37.3 Å². The summed E-state index contributed by atoms with van der Waals surface area (Å²) in [6.07, 6.45) is 3.73. The van der Waals surface area contributed by atoms with Crippen molar-refractivity contribution < 1.29 is 9.90 Å². The molecule has 4 nitrogen and oxygen atoms in total. The van der Waals surface area contributed by atoms with Crippen LogP contribution in [0, 0.1) is 6.92 Å². The van der Waals surface area contributed by atoms with E-state index in [2.05, 4.69) is 16.9 Å². The quantitative estimate of drug-likeness (QED) is 0.885. The van der Waals surface area contributed by atoms with E-state index in [4.69, 9.17) is 0 Å². The molecule has 1 aromatic heterocycles. The molecule has 2 rings (SSSR count). The van der Waals surface area contributed by atoms with Gasteiger partial charge in [-0.2, -0.15) is 0 Å². The average Bonchev–Trinajstić information content (AvgIpc) is 2.46. The van der Waals surface area contributed by atoms with Gasteiger partial charge >= 0.3 is 5.97 Å². The summed E-state index contributed by atoms with van der Waals surface area (Å²) < 4.78 is 0. The molecule has 4 heteroatoms. The molecule has 1 unspecified atom stereocenters. The van der Waals surface area contributed by atoms with Crippen molar-refractivity contribution in [2.75, 3.05) is 0 Å². The molecule has 0 radical (unpaired) electrons. The highest BCUT2D eigenvalue weighted by molar-refractivity contribution is 5.76. The molecule has 0 saturated heterocycles. The van der Waals surface area contributed by atoms with Crippen LogP contribution in [0.15, 0.2) is 36.7 Å². The molecule has 0 fully saturated rings. The largest absolute Gasteiger partial charge is 0.481 e. The number of aryl methyl sites for hydroxylation is 2. The summed E-state index contributed by atoms with van der Waals surface area (Å²) in [7, 11) is 0. The summed E-state index contributed by atoms with van der Waals surface area (Å²) in [6.45, 7) is 4.07. The van der Waals surface area contributed by atoms with Gasteiger partial charge in [0.05, 0.1) is 5.69 Å². The number of carboxylic acid groups (broad SMARTS) is 1. The number of benzene rings is 1. The van der Waals surface area contributed by atoms with E-state index in [-0.39, 0.29) is 0 Å². The van der Waals surface area contributed by atoms with Gasteiger partial charge in [-0.3, -0.25) is 4.79 Å². The van der Waals surface area contributed by atoms with E-state index < -0.39 is 11.9 Å². The molecule has 21 heavy (non-hydrogen) atoms. The highest BCUT2D eigenvalue weighted by Gasteiger charge is 2.22. The lowest BCUT2D eigenvalue weighted by atomic mass is 9.93. The number of nitrogens with zero attached hydrogens (tertiary/aromatic N) is 2. The molecule has 1 atom stereocenters. The smallest absolute Gasteiger partial charge is 0.312 e. The van der Waals surface area contributed by atoms with Crippen LogP contribution in [0.4, 0.5) is 0 Å². The van der Waals surface area contributed by atoms with E-state index in [9.17, 15) is 9.90 Å². The fraction of sp³-hybridized carbons (Fsp3) is 0.353. The average molecular weight is 284 g/mol. The monoisotopic (exact) mass is 284 g/mol. The minimum atomic E-state index is -0.848. The fourth-order valence-electron chi connectivity index (χ4n) is 2.38. The van der Waals surface area contributed by atoms with E-state index in [0.717, 1.165) is 29.7 Å². The van der Waals surface area contributed by atoms with Gasteiger partial charge in [-0.05, 0) is 37.0 Å². The molecule has 1 heterocycles. The van der Waals surface area contributed by atoms with Crippen LogP contribution >= 0.6 is 0 Å². The predicted molar refractivity (Wildman–Crippen MR) is 81.3 cm³/mol. The number of carboxylic acids is 1. The predicted octanol–water partition coefficient (Wildman–Crippen LogP) is 3.15. The summed E-state index contributed by atoms with van der Waals surface area (Å²) in [5.74, 6) is -1.48. The summed E-state index contributed by atoms with van der Waals surface area (Å²) >= 11 is 0. The minimum Gasteiger partial charge on any atom is -0.481 e. The van der Waals surface area contributed by atoms with Crippen molar-refractivity contribution in [2.24, 2.45) is 0 Å². The van der Waals surface area contributed by atoms with Crippen molar-refractivity contribution in [3.05, 3.63) is 59.2 Å². The van der Waals surface area contributed by atoms with Crippen molar-refractivity contribution in [3.8, 4) is 0 Å². The normalized spacial score (nSPS) is 12.1. The second-order valence-electron chi connectivity index (χ2n) is 5.21. The summed E-state index contributed by atoms with van der Waals surface area (Å²) in [5.41, 5.74) is 3.63. The third kappa shape index (κ3) is 3.88. The number of carbonyl (C=O) groups is 1. The third-order valence-electron chi connectivity index (χ3n) is 3.59. The van der Waals surface area contributed by atoms with Crippen molar-refractivity contribution in [3.63, 3.8) is 0 Å². The highest BCUT2D eigenvalue weighted by atomic mass is 16.4. The maximum Gasteiger partial charge on any atom is 0.312 e. The summed E-state index contributed by atoms with van der Waals surface area (Å²) in [5, 5.41) is 9.54. The first-order valence-electron chi connectivity index (χ1n) is 7.20. The Bertz CT molecular complexity index is 626. The first-order chi connectivity index (χ1) is 10.1. The van der Waals surface area contributed by atoms with E-state index in [1.165, 1.54) is 6.33 Å². The second-order valence-corrected chi connectivity index (χ2v) is 5.21. The lowest BCUT2D eigenvalue weighted by molar-refractivity contribution is -0.138. The molecule has 110 valence electrons. The lowest BCUT2D eigenvalue weighted by Crippen LogP contribution is -2.17. The zero-order valence-electron chi connectivity index (χ0n) is 12.4. The molecular formula is C17H20N2O2. The zero-order valence-corrected chi connectivity index (χ0v) is 12.4. The van der Waals surface area contributed by atoms with Gasteiger partial charge in [0.15, 0.2) is 0 Å². The maximum atomic E-state index is 11.6. The molecule has 1 N–H and O–H groups in total. The molecule has 0 aliphatic heterocycles. The van der Waals surface area contributed by atoms with Crippen molar-refractivity contribution in [1.82, 2.24) is 9.97 Å². The molecule has 0 saturated carbocycles. The summed E-state index contributed by atoms with van der Waals surface area (Å²) in [4.78, 5) is 20.0. The van der Waals surface area contributed by atoms with Gasteiger partial charge in [0.25, 0.3) is 0 Å². The van der Waals surface area contributed by atoms with E-state index in [1.54, 1.807) is 0 Å². The molecular weight excluding hydrogens is 264 g/mol. The van der Waals surface area contributed by atoms with Crippen molar-refractivity contribution in [1.29, 1.82) is 0 Å². The Balaban J connectivity index is 2.29. The Morgan fingerprint density at radius 1 is 1.29 bits per heavy atom. The zero-order chi connectivity index (χ0) is 15.2. The maximum absolute atomic E-state index is 11.6. The number of rotatable bonds is 6. The SMILES string of the molecule is CCCc1cc(C(Cc2ccccc2C)C(=O)O)ncn1. The van der Waals surface area contributed by atoms with Gasteiger partial charge in [0.2, 0.25) is 0 Å². The van der Waals surface area contributed by atoms with Crippen LogP contribution in [-0.4, -0.2) is 21.0 Å². The Morgan fingerprint density at radius 3 is 2.71 bits per heavy atom. The molecule has 2 aromatic rings. The first kappa shape index (κ1) is 15.2. The topological polar surface area (TPSA) is 63.1 Å². The number of hydrogen-bond acceptors (Lipinski definition) is 3. The molecule has 0 aliphatic rings. The number of aromatic nitrogens is 2. The Kier molecular flexibility index (Phi) is 5.04. The van der Waals surface area contributed by atoms with E-state index >= 15 is 0 Å². The Hall–Kier alpha value is -2.23. The first-order valence-corrected chi connectivity index (χ1v) is 7.20. The van der Waals surface area contributed by atoms with Crippen LogP contribution in [0.25, 0.3) is 0 Å². The molecule has 0 spiro atoms. The van der Waals surface area contributed by atoms with Crippen LogP contribution in [0.1, 0.15) is 41.8 Å². The highest BCUT2D eigenvalue weighted by Crippen LogP contribution is 2.22. The second kappa shape index (κ2) is 6.97. The van der Waals surface area contributed by atoms with Gasteiger partial charge in [-0.1, -0.05) is 37.6 Å².